The standard InChI is InChI=1S/C23H28FN7O/c1-4-29-9-11-30(12-10-29)18-6-7-20(25-13-18)27-23-26-14-19(24)22(28-23)17-5-8-21(32)31(15-17)16(2)3/h5-8,13-16H,4,9-12H2,1-3H3,(H,25,26,27,28). The average Bonchev–Trinajstić information content (AvgIpc) is 2.81. The van der Waals surface area contributed by atoms with Crippen molar-refractivity contribution >= 4 is 17.5 Å². The number of likely N-dealkylation sites (N-methyl/N-ethyl adjacent to an activating group) is 1. The van der Waals surface area contributed by atoms with Crippen LogP contribution in [0.2, 0.25) is 0 Å². The van der Waals surface area contributed by atoms with Gasteiger partial charge in [-0.1, -0.05) is 6.92 Å². The van der Waals surface area contributed by atoms with E-state index in [-0.39, 0.29) is 23.2 Å². The van der Waals surface area contributed by atoms with Crippen LogP contribution in [0.3, 0.4) is 0 Å². The second-order valence-electron chi connectivity index (χ2n) is 8.10. The second kappa shape index (κ2) is 9.44. The van der Waals surface area contributed by atoms with E-state index >= 15 is 0 Å². The van der Waals surface area contributed by atoms with Gasteiger partial charge in [0.2, 0.25) is 5.95 Å². The quantitative estimate of drug-likeness (QED) is 0.634. The molecule has 1 aliphatic rings. The third-order valence-corrected chi connectivity index (χ3v) is 5.68. The highest BCUT2D eigenvalue weighted by Gasteiger charge is 2.16. The van der Waals surface area contributed by atoms with Crippen LogP contribution in [0.1, 0.15) is 26.8 Å². The zero-order valence-electron chi connectivity index (χ0n) is 18.6. The largest absolute Gasteiger partial charge is 0.368 e. The van der Waals surface area contributed by atoms with Crippen molar-refractivity contribution in [3.8, 4) is 11.3 Å². The van der Waals surface area contributed by atoms with E-state index in [1.807, 2.05) is 32.2 Å². The number of nitrogens with one attached hydrogen (secondary N) is 1. The molecule has 4 rings (SSSR count). The molecule has 4 heterocycles. The lowest BCUT2D eigenvalue weighted by atomic mass is 10.2. The van der Waals surface area contributed by atoms with Crippen LogP contribution in [-0.4, -0.2) is 57.1 Å². The number of anilines is 3. The van der Waals surface area contributed by atoms with Gasteiger partial charge in [0.15, 0.2) is 5.82 Å². The molecule has 0 atom stereocenters. The van der Waals surface area contributed by atoms with Crippen molar-refractivity contribution in [2.24, 2.45) is 0 Å². The van der Waals surface area contributed by atoms with Gasteiger partial charge in [0.05, 0.1) is 18.1 Å². The van der Waals surface area contributed by atoms with E-state index in [4.69, 9.17) is 0 Å². The van der Waals surface area contributed by atoms with Crippen LogP contribution in [0.5, 0.6) is 0 Å². The van der Waals surface area contributed by atoms with Gasteiger partial charge in [0.25, 0.3) is 5.56 Å². The molecule has 3 aromatic rings. The van der Waals surface area contributed by atoms with Crippen LogP contribution in [-0.2, 0) is 0 Å². The summed E-state index contributed by atoms with van der Waals surface area (Å²) in [5, 5.41) is 3.04. The van der Waals surface area contributed by atoms with Gasteiger partial charge in [-0.25, -0.2) is 19.3 Å². The van der Waals surface area contributed by atoms with E-state index in [0.29, 0.717) is 11.4 Å². The first-order chi connectivity index (χ1) is 15.4. The number of halogens is 1. The summed E-state index contributed by atoms with van der Waals surface area (Å²) in [6.07, 6.45) is 4.57. The molecule has 3 aromatic heterocycles. The minimum atomic E-state index is -0.556. The van der Waals surface area contributed by atoms with Crippen molar-refractivity contribution in [2.45, 2.75) is 26.8 Å². The number of pyridine rings is 2. The maximum atomic E-state index is 14.5. The van der Waals surface area contributed by atoms with Gasteiger partial charge in [0, 0.05) is 50.0 Å². The van der Waals surface area contributed by atoms with Crippen LogP contribution in [0.15, 0.2) is 47.7 Å². The van der Waals surface area contributed by atoms with Crippen molar-refractivity contribution < 1.29 is 4.39 Å². The zero-order chi connectivity index (χ0) is 22.7. The molecule has 0 saturated carbocycles. The van der Waals surface area contributed by atoms with Crippen LogP contribution < -0.4 is 15.8 Å². The fraction of sp³-hybridized carbons (Fsp3) is 0.391. The van der Waals surface area contributed by atoms with Crippen LogP contribution in [0, 0.1) is 5.82 Å². The van der Waals surface area contributed by atoms with E-state index in [9.17, 15) is 9.18 Å². The molecule has 0 radical (unpaired) electrons. The summed E-state index contributed by atoms with van der Waals surface area (Å²) in [4.78, 5) is 29.6. The number of nitrogens with zero attached hydrogens (tertiary/aromatic N) is 6. The van der Waals surface area contributed by atoms with Crippen molar-refractivity contribution in [3.05, 3.63) is 59.0 Å². The molecule has 9 heteroatoms. The number of hydrogen-bond donors (Lipinski definition) is 1. The maximum Gasteiger partial charge on any atom is 0.250 e. The molecule has 8 nitrogen and oxygen atoms in total. The lowest BCUT2D eigenvalue weighted by Gasteiger charge is -2.35. The molecule has 1 aliphatic heterocycles. The molecule has 0 bridgehead atoms. The van der Waals surface area contributed by atoms with Crippen molar-refractivity contribution in [2.75, 3.05) is 42.9 Å². The molecule has 1 fully saturated rings. The minimum absolute atomic E-state index is 0.0439. The lowest BCUT2D eigenvalue weighted by molar-refractivity contribution is 0.271. The van der Waals surface area contributed by atoms with E-state index in [1.165, 1.54) is 6.07 Å². The Bertz CT molecular complexity index is 1120. The Kier molecular flexibility index (Phi) is 6.45. The summed E-state index contributed by atoms with van der Waals surface area (Å²) in [5.74, 6) is 0.255. The van der Waals surface area contributed by atoms with E-state index < -0.39 is 5.82 Å². The number of hydrogen-bond acceptors (Lipinski definition) is 7. The van der Waals surface area contributed by atoms with Gasteiger partial charge in [-0.3, -0.25) is 4.79 Å². The first-order valence-electron chi connectivity index (χ1n) is 10.9. The van der Waals surface area contributed by atoms with Gasteiger partial charge < -0.3 is 19.7 Å². The SMILES string of the molecule is CCN1CCN(c2ccc(Nc3ncc(F)c(-c4ccc(=O)n(C(C)C)c4)n3)nc2)CC1. The summed E-state index contributed by atoms with van der Waals surface area (Å²) in [7, 11) is 0. The second-order valence-corrected chi connectivity index (χ2v) is 8.10. The molecule has 168 valence electrons. The molecule has 1 N–H and O–H groups in total. The Labute approximate surface area is 186 Å². The molecule has 0 unspecified atom stereocenters. The number of piperazine rings is 1. The molecule has 32 heavy (non-hydrogen) atoms. The monoisotopic (exact) mass is 437 g/mol. The van der Waals surface area contributed by atoms with Crippen molar-refractivity contribution in [3.63, 3.8) is 0 Å². The van der Waals surface area contributed by atoms with Crippen LogP contribution in [0.4, 0.5) is 21.8 Å². The Morgan fingerprint density at radius 3 is 2.50 bits per heavy atom. The fourth-order valence-corrected chi connectivity index (χ4v) is 3.76. The summed E-state index contributed by atoms with van der Waals surface area (Å²) < 4.78 is 16.0. The first-order valence-corrected chi connectivity index (χ1v) is 10.9. The van der Waals surface area contributed by atoms with Gasteiger partial charge in [-0.2, -0.15) is 0 Å². The summed E-state index contributed by atoms with van der Waals surface area (Å²) in [6.45, 7) is 11.1. The highest BCUT2D eigenvalue weighted by atomic mass is 19.1. The van der Waals surface area contributed by atoms with Crippen molar-refractivity contribution in [1.82, 2.24) is 24.4 Å². The van der Waals surface area contributed by atoms with Crippen LogP contribution in [0.25, 0.3) is 11.3 Å². The third-order valence-electron chi connectivity index (χ3n) is 5.68. The molecular formula is C23H28FN7O. The van der Waals surface area contributed by atoms with E-state index in [2.05, 4.69) is 37.0 Å². The van der Waals surface area contributed by atoms with Gasteiger partial charge >= 0.3 is 0 Å². The summed E-state index contributed by atoms with van der Waals surface area (Å²) in [6, 6.07) is 6.83. The zero-order valence-corrected chi connectivity index (χ0v) is 18.6. The highest BCUT2D eigenvalue weighted by Crippen LogP contribution is 2.23. The predicted molar refractivity (Wildman–Crippen MR) is 124 cm³/mol. The molecule has 1 saturated heterocycles. The topological polar surface area (TPSA) is 79.2 Å². The van der Waals surface area contributed by atoms with Gasteiger partial charge in [-0.05, 0) is 38.6 Å². The van der Waals surface area contributed by atoms with E-state index in [0.717, 1.165) is 44.6 Å². The van der Waals surface area contributed by atoms with Crippen molar-refractivity contribution in [1.29, 1.82) is 0 Å². The lowest BCUT2D eigenvalue weighted by Crippen LogP contribution is -2.46. The molecular weight excluding hydrogens is 409 g/mol. The Balaban J connectivity index is 1.51. The highest BCUT2D eigenvalue weighted by molar-refractivity contribution is 5.61. The van der Waals surface area contributed by atoms with E-state index in [1.54, 1.807) is 16.8 Å². The third kappa shape index (κ3) is 4.77. The maximum absolute atomic E-state index is 14.5. The van der Waals surface area contributed by atoms with Crippen LogP contribution >= 0.6 is 0 Å². The van der Waals surface area contributed by atoms with Gasteiger partial charge in [-0.15, -0.1) is 0 Å². The molecule has 0 aliphatic carbocycles. The van der Waals surface area contributed by atoms with Gasteiger partial charge in [0.1, 0.15) is 11.5 Å². The summed E-state index contributed by atoms with van der Waals surface area (Å²) >= 11 is 0. The minimum Gasteiger partial charge on any atom is -0.368 e. The number of aromatic nitrogens is 4. The molecule has 0 spiro atoms. The Morgan fingerprint density at radius 2 is 1.84 bits per heavy atom. The first kappa shape index (κ1) is 21.9. The predicted octanol–water partition coefficient (Wildman–Crippen LogP) is 3.31. The average molecular weight is 438 g/mol. The number of rotatable bonds is 6. The Morgan fingerprint density at radius 1 is 1.06 bits per heavy atom. The molecule has 0 aromatic carbocycles. The summed E-state index contributed by atoms with van der Waals surface area (Å²) in [5.41, 5.74) is 1.57. The fourth-order valence-electron chi connectivity index (χ4n) is 3.76. The molecule has 0 amide bonds. The smallest absolute Gasteiger partial charge is 0.250 e. The normalized spacial score (nSPS) is 14.7. The Hall–Kier alpha value is -3.33.